The Morgan fingerprint density at radius 2 is 1.86 bits per heavy atom. The van der Waals surface area contributed by atoms with Gasteiger partial charge in [0.1, 0.15) is 9.88 Å². The number of rotatable bonds is 4. The van der Waals surface area contributed by atoms with Crippen molar-refractivity contribution in [3.05, 3.63) is 40.9 Å². The molecule has 1 aromatic carbocycles. The minimum atomic E-state index is -0.425. The summed E-state index contributed by atoms with van der Waals surface area (Å²) in [4.78, 5) is 44.1. The molecule has 2 fully saturated rings. The summed E-state index contributed by atoms with van der Waals surface area (Å²) in [7, 11) is 0. The molecule has 3 amide bonds. The van der Waals surface area contributed by atoms with Gasteiger partial charge in [-0.3, -0.25) is 25.2 Å². The van der Waals surface area contributed by atoms with Crippen LogP contribution in [0.15, 0.2) is 30.3 Å². The normalized spacial score (nSPS) is 19.6. The zero-order chi connectivity index (χ0) is 20.4. The first kappa shape index (κ1) is 19.6. The molecule has 1 aliphatic heterocycles. The fraction of sp³-hybridized carbons (Fsp3) is 0.429. The number of benzene rings is 1. The minimum absolute atomic E-state index is 0.0363. The van der Waals surface area contributed by atoms with E-state index in [0.29, 0.717) is 17.1 Å². The molecule has 4 rings (SSSR count). The number of likely N-dealkylation sites (tertiary alicyclic amines) is 1. The van der Waals surface area contributed by atoms with E-state index in [-0.39, 0.29) is 24.3 Å². The van der Waals surface area contributed by atoms with Gasteiger partial charge < -0.3 is 4.90 Å². The molecular formula is C21H24N4O3S. The second kappa shape index (κ2) is 8.32. The zero-order valence-electron chi connectivity index (χ0n) is 16.3. The molecule has 2 heterocycles. The van der Waals surface area contributed by atoms with Crippen LogP contribution < -0.4 is 10.9 Å². The van der Waals surface area contributed by atoms with Crippen LogP contribution in [0.25, 0.3) is 10.6 Å². The number of nitrogens with zero attached hydrogens (tertiary/aromatic N) is 2. The Labute approximate surface area is 173 Å². The van der Waals surface area contributed by atoms with E-state index in [1.807, 2.05) is 35.2 Å². The Bertz CT molecular complexity index is 921. The van der Waals surface area contributed by atoms with Crippen molar-refractivity contribution in [1.29, 1.82) is 0 Å². The standard InChI is InChI=1S/C21H24N4O3S/c1-13-18(29-21(22-13)14-7-3-2-4-8-14)20(28)24-23-19(27)15-11-17(26)25(12-15)16-9-5-6-10-16/h2-4,7-8,15-16H,5-6,9-12H2,1H3,(H,23,27)(H,24,28)/t15-/m1/s1. The van der Waals surface area contributed by atoms with Crippen LogP contribution in [-0.4, -0.2) is 40.2 Å². The molecule has 2 aromatic rings. The van der Waals surface area contributed by atoms with Gasteiger partial charge in [0, 0.05) is 24.6 Å². The maximum atomic E-state index is 12.5. The summed E-state index contributed by atoms with van der Waals surface area (Å²) >= 11 is 1.29. The summed E-state index contributed by atoms with van der Waals surface area (Å²) in [6.45, 7) is 2.21. The van der Waals surface area contributed by atoms with Crippen LogP contribution in [0.4, 0.5) is 0 Å². The number of hydrazine groups is 1. The first-order valence-electron chi connectivity index (χ1n) is 9.95. The zero-order valence-corrected chi connectivity index (χ0v) is 17.1. The first-order valence-corrected chi connectivity index (χ1v) is 10.8. The highest BCUT2D eigenvalue weighted by Crippen LogP contribution is 2.30. The van der Waals surface area contributed by atoms with Crippen molar-refractivity contribution in [2.24, 2.45) is 5.92 Å². The number of nitrogens with one attached hydrogen (secondary N) is 2. The number of hydrogen-bond acceptors (Lipinski definition) is 5. The smallest absolute Gasteiger partial charge is 0.281 e. The number of carbonyl (C=O) groups is 3. The quantitative estimate of drug-likeness (QED) is 0.756. The summed E-state index contributed by atoms with van der Waals surface area (Å²) in [6.07, 6.45) is 4.52. The molecule has 8 heteroatoms. The lowest BCUT2D eigenvalue weighted by Crippen LogP contribution is -2.45. The van der Waals surface area contributed by atoms with Crippen LogP contribution in [0.2, 0.25) is 0 Å². The predicted molar refractivity (Wildman–Crippen MR) is 110 cm³/mol. The molecule has 7 nitrogen and oxygen atoms in total. The molecule has 29 heavy (non-hydrogen) atoms. The Morgan fingerprint density at radius 3 is 2.59 bits per heavy atom. The van der Waals surface area contributed by atoms with Gasteiger partial charge in [-0.05, 0) is 19.8 Å². The summed E-state index contributed by atoms with van der Waals surface area (Å²) < 4.78 is 0. The number of aromatic nitrogens is 1. The molecule has 1 saturated heterocycles. The summed E-state index contributed by atoms with van der Waals surface area (Å²) in [5, 5.41) is 0.758. The lowest BCUT2D eigenvalue weighted by Gasteiger charge is -2.23. The summed E-state index contributed by atoms with van der Waals surface area (Å²) in [6, 6.07) is 9.91. The maximum absolute atomic E-state index is 12.5. The molecule has 0 unspecified atom stereocenters. The molecular weight excluding hydrogens is 388 g/mol. The third-order valence-corrected chi connectivity index (χ3v) is 6.82. The van der Waals surface area contributed by atoms with E-state index in [4.69, 9.17) is 0 Å². The van der Waals surface area contributed by atoms with Crippen molar-refractivity contribution in [1.82, 2.24) is 20.7 Å². The third-order valence-electron chi connectivity index (χ3n) is 5.62. The summed E-state index contributed by atoms with van der Waals surface area (Å²) in [5.41, 5.74) is 6.53. The molecule has 1 saturated carbocycles. The Hall–Kier alpha value is -2.74. The number of thiazole rings is 1. The topological polar surface area (TPSA) is 91.4 Å². The average Bonchev–Trinajstić information content (AvgIpc) is 3.46. The fourth-order valence-electron chi connectivity index (χ4n) is 4.06. The van der Waals surface area contributed by atoms with Crippen LogP contribution in [0.5, 0.6) is 0 Å². The van der Waals surface area contributed by atoms with Gasteiger partial charge in [-0.15, -0.1) is 11.3 Å². The highest BCUT2D eigenvalue weighted by Gasteiger charge is 2.38. The minimum Gasteiger partial charge on any atom is -0.339 e. The van der Waals surface area contributed by atoms with Gasteiger partial charge in [0.25, 0.3) is 5.91 Å². The third kappa shape index (κ3) is 4.17. The van der Waals surface area contributed by atoms with Crippen LogP contribution in [0, 0.1) is 12.8 Å². The Balaban J connectivity index is 1.34. The molecule has 0 bridgehead atoms. The second-order valence-corrected chi connectivity index (χ2v) is 8.63. The predicted octanol–water partition coefficient (Wildman–Crippen LogP) is 2.67. The van der Waals surface area contributed by atoms with Crippen molar-refractivity contribution in [2.75, 3.05) is 6.54 Å². The molecule has 2 aliphatic rings. The van der Waals surface area contributed by atoms with Crippen molar-refractivity contribution in [3.8, 4) is 10.6 Å². The van der Waals surface area contributed by atoms with Crippen LogP contribution >= 0.6 is 11.3 Å². The van der Waals surface area contributed by atoms with E-state index < -0.39 is 11.8 Å². The molecule has 1 aliphatic carbocycles. The van der Waals surface area contributed by atoms with Crippen molar-refractivity contribution in [2.45, 2.75) is 45.1 Å². The van der Waals surface area contributed by atoms with Gasteiger partial charge in [-0.2, -0.15) is 0 Å². The van der Waals surface area contributed by atoms with Gasteiger partial charge in [0.05, 0.1) is 11.6 Å². The monoisotopic (exact) mass is 412 g/mol. The Kier molecular flexibility index (Phi) is 5.62. The van der Waals surface area contributed by atoms with Crippen LogP contribution in [0.1, 0.15) is 47.5 Å². The number of aryl methyl sites for hydroxylation is 1. The SMILES string of the molecule is Cc1nc(-c2ccccc2)sc1C(=O)NNC(=O)[C@@H]1CC(=O)N(C2CCCC2)C1. The average molecular weight is 413 g/mol. The van der Waals surface area contributed by atoms with Gasteiger partial charge >= 0.3 is 0 Å². The Morgan fingerprint density at radius 1 is 1.14 bits per heavy atom. The molecule has 0 radical (unpaired) electrons. The van der Waals surface area contributed by atoms with Crippen LogP contribution in [0.3, 0.4) is 0 Å². The second-order valence-electron chi connectivity index (χ2n) is 7.63. The van der Waals surface area contributed by atoms with E-state index >= 15 is 0 Å². The van der Waals surface area contributed by atoms with Gasteiger partial charge in [-0.1, -0.05) is 43.2 Å². The molecule has 1 aromatic heterocycles. The van der Waals surface area contributed by atoms with E-state index in [2.05, 4.69) is 15.8 Å². The lowest BCUT2D eigenvalue weighted by atomic mass is 10.1. The molecule has 0 spiro atoms. The van der Waals surface area contributed by atoms with Gasteiger partial charge in [0.15, 0.2) is 0 Å². The highest BCUT2D eigenvalue weighted by molar-refractivity contribution is 7.17. The molecule has 2 N–H and O–H groups in total. The first-order chi connectivity index (χ1) is 14.0. The largest absolute Gasteiger partial charge is 0.339 e. The van der Waals surface area contributed by atoms with Crippen molar-refractivity contribution in [3.63, 3.8) is 0 Å². The summed E-state index contributed by atoms with van der Waals surface area (Å²) in [5.74, 6) is -1.11. The maximum Gasteiger partial charge on any atom is 0.281 e. The van der Waals surface area contributed by atoms with Gasteiger partial charge in [-0.25, -0.2) is 4.98 Å². The van der Waals surface area contributed by atoms with E-state index in [1.165, 1.54) is 11.3 Å². The number of hydrogen-bond donors (Lipinski definition) is 2. The molecule has 152 valence electrons. The number of carbonyl (C=O) groups excluding carboxylic acids is 3. The highest BCUT2D eigenvalue weighted by atomic mass is 32.1. The lowest BCUT2D eigenvalue weighted by molar-refractivity contribution is -0.130. The van der Waals surface area contributed by atoms with Gasteiger partial charge in [0.2, 0.25) is 11.8 Å². The fourth-order valence-corrected chi connectivity index (χ4v) is 5.03. The number of amides is 3. The van der Waals surface area contributed by atoms with Crippen molar-refractivity contribution < 1.29 is 14.4 Å². The van der Waals surface area contributed by atoms with E-state index in [1.54, 1.807) is 6.92 Å². The molecule has 1 atom stereocenters. The van der Waals surface area contributed by atoms with Crippen LogP contribution in [-0.2, 0) is 9.59 Å². The van der Waals surface area contributed by atoms with E-state index in [0.717, 1.165) is 36.3 Å². The van der Waals surface area contributed by atoms with Crippen molar-refractivity contribution >= 4 is 29.1 Å². The van der Waals surface area contributed by atoms with E-state index in [9.17, 15) is 14.4 Å².